The lowest BCUT2D eigenvalue weighted by Gasteiger charge is -2.21. The molecular formula is C13H15F3O3. The molecule has 19 heavy (non-hydrogen) atoms. The lowest BCUT2D eigenvalue weighted by atomic mass is 9.86. The molecule has 0 saturated heterocycles. The lowest BCUT2D eigenvalue weighted by molar-refractivity contribution is -0.139. The summed E-state index contributed by atoms with van der Waals surface area (Å²) in [6.45, 7) is 4.63. The predicted octanol–water partition coefficient (Wildman–Crippen LogP) is 3.47. The molecule has 0 heterocycles. The van der Waals surface area contributed by atoms with E-state index in [4.69, 9.17) is 9.84 Å². The number of ether oxygens (including phenoxy) is 1. The van der Waals surface area contributed by atoms with Crippen molar-refractivity contribution in [1.29, 1.82) is 0 Å². The van der Waals surface area contributed by atoms with Gasteiger partial charge < -0.3 is 9.84 Å². The van der Waals surface area contributed by atoms with E-state index in [1.807, 2.05) is 0 Å². The van der Waals surface area contributed by atoms with E-state index in [2.05, 4.69) is 0 Å². The van der Waals surface area contributed by atoms with Crippen LogP contribution in [-0.4, -0.2) is 17.7 Å². The van der Waals surface area contributed by atoms with E-state index in [0.29, 0.717) is 5.56 Å². The number of carbonyl (C=O) groups is 1. The zero-order valence-electron chi connectivity index (χ0n) is 10.8. The van der Waals surface area contributed by atoms with Gasteiger partial charge in [-0.3, -0.25) is 0 Å². The van der Waals surface area contributed by atoms with Crippen LogP contribution in [0, 0.1) is 0 Å². The van der Waals surface area contributed by atoms with Crippen LogP contribution in [0.4, 0.5) is 13.2 Å². The van der Waals surface area contributed by atoms with Crippen molar-refractivity contribution >= 4 is 5.97 Å². The number of alkyl halides is 3. The van der Waals surface area contributed by atoms with Gasteiger partial charge in [0.25, 0.3) is 0 Å². The van der Waals surface area contributed by atoms with E-state index in [1.165, 1.54) is 6.07 Å². The summed E-state index contributed by atoms with van der Waals surface area (Å²) in [6, 6.07) is 3.28. The molecule has 0 aliphatic heterocycles. The van der Waals surface area contributed by atoms with E-state index >= 15 is 0 Å². The number of rotatable bonds is 3. The van der Waals surface area contributed by atoms with Crippen molar-refractivity contribution < 1.29 is 27.8 Å². The Hall–Kier alpha value is -1.72. The Bertz CT molecular complexity index is 441. The van der Waals surface area contributed by atoms with Crippen molar-refractivity contribution in [3.63, 3.8) is 0 Å². The first-order valence-corrected chi connectivity index (χ1v) is 5.57. The SMILES string of the molecule is CC(C)(C)c1cc(OCC(=O)O)cc(C(F)(F)F)c1. The van der Waals surface area contributed by atoms with Crippen molar-refractivity contribution in [2.45, 2.75) is 32.4 Å². The van der Waals surface area contributed by atoms with Crippen LogP contribution in [-0.2, 0) is 16.4 Å². The van der Waals surface area contributed by atoms with E-state index < -0.39 is 29.7 Å². The number of carboxylic acids is 1. The van der Waals surface area contributed by atoms with Gasteiger partial charge in [0, 0.05) is 0 Å². The summed E-state index contributed by atoms with van der Waals surface area (Å²) in [5.41, 5.74) is -0.911. The quantitative estimate of drug-likeness (QED) is 0.919. The highest BCUT2D eigenvalue weighted by Gasteiger charge is 2.32. The Kier molecular flexibility index (Phi) is 4.12. The van der Waals surface area contributed by atoms with Gasteiger partial charge in [-0.05, 0) is 29.2 Å². The van der Waals surface area contributed by atoms with Gasteiger partial charge in [0.05, 0.1) is 5.56 Å². The van der Waals surface area contributed by atoms with Gasteiger partial charge in [0.15, 0.2) is 6.61 Å². The number of benzene rings is 1. The highest BCUT2D eigenvalue weighted by atomic mass is 19.4. The maximum absolute atomic E-state index is 12.8. The molecule has 0 unspecified atom stereocenters. The van der Waals surface area contributed by atoms with Gasteiger partial charge in [0.1, 0.15) is 5.75 Å². The zero-order valence-corrected chi connectivity index (χ0v) is 10.8. The molecule has 3 nitrogen and oxygen atoms in total. The van der Waals surface area contributed by atoms with E-state index in [9.17, 15) is 18.0 Å². The summed E-state index contributed by atoms with van der Waals surface area (Å²) in [6.07, 6.45) is -4.50. The van der Waals surface area contributed by atoms with Crippen LogP contribution < -0.4 is 4.74 Å². The summed E-state index contributed by atoms with van der Waals surface area (Å²) in [5, 5.41) is 8.49. The molecule has 1 aromatic rings. The second-order valence-electron chi connectivity index (χ2n) is 5.18. The van der Waals surface area contributed by atoms with Crippen LogP contribution in [0.15, 0.2) is 18.2 Å². The second-order valence-corrected chi connectivity index (χ2v) is 5.18. The van der Waals surface area contributed by atoms with Crippen molar-refractivity contribution in [3.8, 4) is 5.75 Å². The Labute approximate surface area is 109 Å². The van der Waals surface area contributed by atoms with Gasteiger partial charge in [-0.2, -0.15) is 13.2 Å². The minimum Gasteiger partial charge on any atom is -0.482 e. The van der Waals surface area contributed by atoms with Crippen LogP contribution in [0.1, 0.15) is 31.9 Å². The van der Waals surface area contributed by atoms with Gasteiger partial charge >= 0.3 is 12.1 Å². The Balaban J connectivity index is 3.21. The lowest BCUT2D eigenvalue weighted by Crippen LogP contribution is -2.16. The van der Waals surface area contributed by atoms with Crippen LogP contribution >= 0.6 is 0 Å². The van der Waals surface area contributed by atoms with E-state index in [-0.39, 0.29) is 5.75 Å². The summed E-state index contributed by atoms with van der Waals surface area (Å²) < 4.78 is 43.1. The fraction of sp³-hybridized carbons (Fsp3) is 0.462. The van der Waals surface area contributed by atoms with Crippen LogP contribution in [0.2, 0.25) is 0 Å². The number of aliphatic carboxylic acids is 1. The molecule has 6 heteroatoms. The molecule has 0 spiro atoms. The number of halogens is 3. The van der Waals surface area contributed by atoms with Crippen LogP contribution in [0.3, 0.4) is 0 Å². The Morgan fingerprint density at radius 1 is 1.16 bits per heavy atom. The summed E-state index contributed by atoms with van der Waals surface area (Å²) >= 11 is 0. The number of hydrogen-bond donors (Lipinski definition) is 1. The predicted molar refractivity (Wildman–Crippen MR) is 63.3 cm³/mol. The molecule has 0 fully saturated rings. The maximum atomic E-state index is 12.8. The highest BCUT2D eigenvalue weighted by molar-refractivity contribution is 5.68. The molecule has 0 amide bonds. The fourth-order valence-corrected chi connectivity index (χ4v) is 1.42. The molecule has 0 aliphatic carbocycles. The highest BCUT2D eigenvalue weighted by Crippen LogP contribution is 2.35. The van der Waals surface area contributed by atoms with Gasteiger partial charge in [-0.1, -0.05) is 20.8 Å². The zero-order chi connectivity index (χ0) is 14.8. The van der Waals surface area contributed by atoms with Crippen molar-refractivity contribution in [1.82, 2.24) is 0 Å². The molecule has 1 N–H and O–H groups in total. The molecule has 0 aliphatic rings. The summed E-state index contributed by atoms with van der Waals surface area (Å²) in [4.78, 5) is 10.4. The normalized spacial score (nSPS) is 12.3. The van der Waals surface area contributed by atoms with Gasteiger partial charge in [-0.25, -0.2) is 4.79 Å². The second kappa shape index (κ2) is 5.11. The Morgan fingerprint density at radius 2 is 1.68 bits per heavy atom. The minimum atomic E-state index is -4.50. The fourth-order valence-electron chi connectivity index (χ4n) is 1.42. The minimum absolute atomic E-state index is 0.0952. The van der Waals surface area contributed by atoms with Crippen LogP contribution in [0.25, 0.3) is 0 Å². The molecule has 0 radical (unpaired) electrons. The molecule has 0 saturated carbocycles. The molecule has 1 rings (SSSR count). The third kappa shape index (κ3) is 4.46. The standard InChI is InChI=1S/C13H15F3O3/c1-12(2,3)8-4-9(13(14,15)16)6-10(5-8)19-7-11(17)18/h4-6H,7H2,1-3H3,(H,17,18). The number of carboxylic acid groups (broad SMARTS) is 1. The average Bonchev–Trinajstić information content (AvgIpc) is 2.23. The molecule has 106 valence electrons. The van der Waals surface area contributed by atoms with Crippen molar-refractivity contribution in [3.05, 3.63) is 29.3 Å². The van der Waals surface area contributed by atoms with E-state index in [0.717, 1.165) is 12.1 Å². The summed E-state index contributed by atoms with van der Waals surface area (Å²) in [7, 11) is 0. The Morgan fingerprint density at radius 3 is 2.11 bits per heavy atom. The molecule has 0 atom stereocenters. The molecule has 0 aromatic heterocycles. The molecule has 1 aromatic carbocycles. The summed E-state index contributed by atoms with van der Waals surface area (Å²) in [5.74, 6) is -1.34. The topological polar surface area (TPSA) is 46.5 Å². The van der Waals surface area contributed by atoms with E-state index in [1.54, 1.807) is 20.8 Å². The first-order chi connectivity index (χ1) is 8.50. The average molecular weight is 276 g/mol. The maximum Gasteiger partial charge on any atom is 0.416 e. The number of hydrogen-bond acceptors (Lipinski definition) is 2. The smallest absolute Gasteiger partial charge is 0.416 e. The van der Waals surface area contributed by atoms with Gasteiger partial charge in [0.2, 0.25) is 0 Å². The first-order valence-electron chi connectivity index (χ1n) is 5.57. The molecular weight excluding hydrogens is 261 g/mol. The third-order valence-electron chi connectivity index (χ3n) is 2.46. The largest absolute Gasteiger partial charge is 0.482 e. The van der Waals surface area contributed by atoms with Crippen LogP contribution in [0.5, 0.6) is 5.75 Å². The third-order valence-corrected chi connectivity index (χ3v) is 2.46. The van der Waals surface area contributed by atoms with Gasteiger partial charge in [-0.15, -0.1) is 0 Å². The molecule has 0 bridgehead atoms. The first kappa shape index (κ1) is 15.3. The van der Waals surface area contributed by atoms with Crippen molar-refractivity contribution in [2.75, 3.05) is 6.61 Å². The monoisotopic (exact) mass is 276 g/mol. The van der Waals surface area contributed by atoms with Crippen molar-refractivity contribution in [2.24, 2.45) is 0 Å².